The molecule has 0 saturated carbocycles. The number of aliphatic imine (C=N–C) groups is 1. The van der Waals surface area contributed by atoms with E-state index in [1.165, 1.54) is 17.7 Å². The highest BCUT2D eigenvalue weighted by Crippen LogP contribution is 2.36. The quantitative estimate of drug-likeness (QED) is 0.393. The summed E-state index contributed by atoms with van der Waals surface area (Å²) in [7, 11) is 4.00. The van der Waals surface area contributed by atoms with Crippen molar-refractivity contribution in [3.63, 3.8) is 0 Å². The molecule has 4 nitrogen and oxygen atoms in total. The van der Waals surface area contributed by atoms with E-state index < -0.39 is 0 Å². The van der Waals surface area contributed by atoms with Crippen LogP contribution < -0.4 is 10.6 Å². The highest BCUT2D eigenvalue weighted by molar-refractivity contribution is 14.0. The Bertz CT molecular complexity index is 506. The standard InChI is InChI=1S/C16H25ClN4S.HI/c1-12(17)10-19-16(18-2)20-11-13-6-4-8-21(3)15(13)14-7-5-9-22-14;/h5,7,9,13,15H,1,4,6,8,10-11H2,2-3H3,(H2,18,19,20);1H. The third kappa shape index (κ3) is 6.25. The lowest BCUT2D eigenvalue weighted by Crippen LogP contribution is -2.45. The minimum Gasteiger partial charge on any atom is -0.356 e. The van der Waals surface area contributed by atoms with Gasteiger partial charge in [0.15, 0.2) is 5.96 Å². The number of guanidine groups is 1. The molecule has 130 valence electrons. The van der Waals surface area contributed by atoms with Gasteiger partial charge in [0.05, 0.1) is 6.54 Å². The number of likely N-dealkylation sites (tertiary alicyclic amines) is 1. The number of nitrogens with zero attached hydrogens (tertiary/aromatic N) is 2. The highest BCUT2D eigenvalue weighted by Gasteiger charge is 2.31. The van der Waals surface area contributed by atoms with E-state index in [1.807, 2.05) is 11.3 Å². The molecular weight excluding hydrogens is 443 g/mol. The molecule has 23 heavy (non-hydrogen) atoms. The van der Waals surface area contributed by atoms with Crippen LogP contribution in [0.1, 0.15) is 23.8 Å². The van der Waals surface area contributed by atoms with E-state index in [0.717, 1.165) is 19.0 Å². The van der Waals surface area contributed by atoms with Crippen molar-refractivity contribution >= 4 is 52.9 Å². The Morgan fingerprint density at radius 2 is 2.30 bits per heavy atom. The first kappa shape index (κ1) is 20.7. The second-order valence-corrected chi connectivity index (χ2v) is 7.18. The van der Waals surface area contributed by atoms with Gasteiger partial charge in [-0.05, 0) is 43.8 Å². The molecule has 7 heteroatoms. The minimum absolute atomic E-state index is 0. The third-order valence-corrected chi connectivity index (χ3v) is 5.12. The summed E-state index contributed by atoms with van der Waals surface area (Å²) in [5.74, 6) is 1.36. The van der Waals surface area contributed by atoms with Crippen molar-refractivity contribution in [1.82, 2.24) is 15.5 Å². The number of nitrogens with one attached hydrogen (secondary N) is 2. The van der Waals surface area contributed by atoms with Gasteiger partial charge in [-0.3, -0.25) is 9.89 Å². The molecular formula is C16H26ClIN4S. The molecule has 2 N–H and O–H groups in total. The molecule has 1 aliphatic heterocycles. The van der Waals surface area contributed by atoms with Crippen molar-refractivity contribution in [2.24, 2.45) is 10.9 Å². The Morgan fingerprint density at radius 3 is 2.91 bits per heavy atom. The van der Waals surface area contributed by atoms with E-state index >= 15 is 0 Å². The summed E-state index contributed by atoms with van der Waals surface area (Å²) in [6.45, 7) is 6.28. The van der Waals surface area contributed by atoms with Crippen LogP contribution in [0.5, 0.6) is 0 Å². The number of hydrogen-bond donors (Lipinski definition) is 2. The fourth-order valence-corrected chi connectivity index (χ4v) is 4.06. The molecule has 0 radical (unpaired) electrons. The van der Waals surface area contributed by atoms with Crippen molar-refractivity contribution in [2.45, 2.75) is 18.9 Å². The molecule has 2 unspecified atom stereocenters. The van der Waals surface area contributed by atoms with Crippen molar-refractivity contribution < 1.29 is 0 Å². The fraction of sp³-hybridized carbons (Fsp3) is 0.562. The Labute approximate surface area is 165 Å². The van der Waals surface area contributed by atoms with Crippen LogP contribution >= 0.6 is 46.9 Å². The van der Waals surface area contributed by atoms with Gasteiger partial charge in [0.2, 0.25) is 0 Å². The van der Waals surface area contributed by atoms with Crippen molar-refractivity contribution in [3.8, 4) is 0 Å². The van der Waals surface area contributed by atoms with E-state index in [1.54, 1.807) is 7.05 Å². The van der Waals surface area contributed by atoms with Crippen LogP contribution in [0, 0.1) is 5.92 Å². The average Bonchev–Trinajstić information content (AvgIpc) is 3.01. The number of rotatable bonds is 5. The van der Waals surface area contributed by atoms with Gasteiger partial charge in [-0.25, -0.2) is 0 Å². The predicted molar refractivity (Wildman–Crippen MR) is 112 cm³/mol. The van der Waals surface area contributed by atoms with E-state index in [0.29, 0.717) is 23.5 Å². The van der Waals surface area contributed by atoms with Gasteiger partial charge in [0.1, 0.15) is 0 Å². The van der Waals surface area contributed by atoms with Gasteiger partial charge in [0.25, 0.3) is 0 Å². The summed E-state index contributed by atoms with van der Waals surface area (Å²) in [6.07, 6.45) is 2.48. The molecule has 2 heterocycles. The van der Waals surface area contributed by atoms with Gasteiger partial charge in [0, 0.05) is 29.5 Å². The van der Waals surface area contributed by atoms with Crippen LogP contribution in [0.25, 0.3) is 0 Å². The summed E-state index contributed by atoms with van der Waals surface area (Å²) in [6, 6.07) is 4.87. The predicted octanol–water partition coefficient (Wildman–Crippen LogP) is 3.67. The molecule has 2 atom stereocenters. The number of thiophene rings is 1. The maximum Gasteiger partial charge on any atom is 0.191 e. The summed E-state index contributed by atoms with van der Waals surface area (Å²) in [5, 5.41) is 9.33. The van der Waals surface area contributed by atoms with E-state index in [-0.39, 0.29) is 24.0 Å². The Hall–Kier alpha value is -0.310. The van der Waals surface area contributed by atoms with Crippen LogP contribution in [0.2, 0.25) is 0 Å². The van der Waals surface area contributed by atoms with Gasteiger partial charge in [-0.2, -0.15) is 0 Å². The lowest BCUT2D eigenvalue weighted by molar-refractivity contribution is 0.125. The lowest BCUT2D eigenvalue weighted by Gasteiger charge is -2.39. The number of hydrogen-bond acceptors (Lipinski definition) is 3. The second kappa shape index (κ2) is 10.5. The zero-order valence-corrected chi connectivity index (χ0v) is 17.6. The second-order valence-electron chi connectivity index (χ2n) is 5.67. The maximum absolute atomic E-state index is 5.79. The lowest BCUT2D eigenvalue weighted by atomic mass is 9.88. The molecule has 0 spiro atoms. The van der Waals surface area contributed by atoms with Gasteiger partial charge < -0.3 is 10.6 Å². The maximum atomic E-state index is 5.79. The van der Waals surface area contributed by atoms with Crippen molar-refractivity contribution in [2.75, 3.05) is 33.7 Å². The molecule has 0 aliphatic carbocycles. The van der Waals surface area contributed by atoms with Crippen LogP contribution in [0.4, 0.5) is 0 Å². The first-order valence-corrected chi connectivity index (χ1v) is 8.89. The molecule has 2 rings (SSSR count). The fourth-order valence-electron chi connectivity index (χ4n) is 3.01. The van der Waals surface area contributed by atoms with Crippen LogP contribution in [0.3, 0.4) is 0 Å². The summed E-state index contributed by atoms with van der Waals surface area (Å²) < 4.78 is 0. The Balaban J connectivity index is 0.00000264. The van der Waals surface area contributed by atoms with Crippen molar-refractivity contribution in [3.05, 3.63) is 34.0 Å². The molecule has 1 aromatic heterocycles. The average molecular weight is 469 g/mol. The van der Waals surface area contributed by atoms with E-state index in [9.17, 15) is 0 Å². The smallest absolute Gasteiger partial charge is 0.191 e. The van der Waals surface area contributed by atoms with Gasteiger partial charge in [-0.15, -0.1) is 35.3 Å². The van der Waals surface area contributed by atoms with Crippen LogP contribution in [-0.4, -0.2) is 44.6 Å². The molecule has 0 bridgehead atoms. The Kier molecular flexibility index (Phi) is 9.50. The largest absolute Gasteiger partial charge is 0.356 e. The summed E-state index contributed by atoms with van der Waals surface area (Å²) in [4.78, 5) is 8.16. The zero-order valence-electron chi connectivity index (χ0n) is 13.7. The molecule has 0 amide bonds. The number of piperidine rings is 1. The molecule has 1 fully saturated rings. The summed E-state index contributed by atoms with van der Waals surface area (Å²) >= 11 is 7.64. The van der Waals surface area contributed by atoms with E-state index in [2.05, 4.69) is 51.7 Å². The normalized spacial score (nSPS) is 22.3. The van der Waals surface area contributed by atoms with Gasteiger partial charge in [-0.1, -0.05) is 24.2 Å². The molecule has 0 aromatic carbocycles. The van der Waals surface area contributed by atoms with Crippen molar-refractivity contribution in [1.29, 1.82) is 0 Å². The monoisotopic (exact) mass is 468 g/mol. The topological polar surface area (TPSA) is 39.7 Å². The minimum atomic E-state index is 0. The van der Waals surface area contributed by atoms with E-state index in [4.69, 9.17) is 11.6 Å². The first-order valence-electron chi connectivity index (χ1n) is 7.63. The molecule has 1 aliphatic rings. The van der Waals surface area contributed by atoms with Crippen LogP contribution in [-0.2, 0) is 0 Å². The highest BCUT2D eigenvalue weighted by atomic mass is 127. The first-order chi connectivity index (χ1) is 10.6. The zero-order chi connectivity index (χ0) is 15.9. The number of halogens is 2. The third-order valence-electron chi connectivity index (χ3n) is 4.04. The Morgan fingerprint density at radius 1 is 1.52 bits per heavy atom. The van der Waals surface area contributed by atoms with Crippen LogP contribution in [0.15, 0.2) is 34.1 Å². The summed E-state index contributed by atoms with van der Waals surface area (Å²) in [5.41, 5.74) is 0. The van der Waals surface area contributed by atoms with Gasteiger partial charge >= 0.3 is 0 Å². The molecule has 1 aromatic rings. The molecule has 1 saturated heterocycles. The SMILES string of the molecule is C=C(Cl)CNC(=NC)NCC1CCCN(C)C1c1cccs1.I.